The predicted octanol–water partition coefficient (Wildman–Crippen LogP) is 3.22. The molecule has 0 atom stereocenters. The molecule has 1 aromatic rings. The average molecular weight is 387 g/mol. The van der Waals surface area contributed by atoms with Crippen molar-refractivity contribution < 1.29 is 9.59 Å². The number of unbranched alkanes of at least 4 members (excludes halogenated alkanes) is 1. The summed E-state index contributed by atoms with van der Waals surface area (Å²) in [6.45, 7) is 3.05. The normalized spacial score (nSPS) is 10.3. The summed E-state index contributed by atoms with van der Waals surface area (Å²) in [5, 5.41) is 5.60. The van der Waals surface area contributed by atoms with E-state index in [1.54, 1.807) is 12.1 Å². The number of hydrogen-bond acceptors (Lipinski definition) is 3. The molecule has 0 fully saturated rings. The molecule has 0 aliphatic rings. The molecule has 1 aromatic carbocycles. The van der Waals surface area contributed by atoms with Gasteiger partial charge in [-0.15, -0.1) is 0 Å². The van der Waals surface area contributed by atoms with Crippen LogP contribution < -0.4 is 10.6 Å². The third kappa shape index (κ3) is 8.44. The second-order valence-corrected chi connectivity index (χ2v) is 6.97. The number of rotatable bonds is 10. The van der Waals surface area contributed by atoms with Crippen molar-refractivity contribution in [1.29, 1.82) is 0 Å². The van der Waals surface area contributed by atoms with E-state index in [-0.39, 0.29) is 11.8 Å². The molecule has 0 spiro atoms. The van der Waals surface area contributed by atoms with Gasteiger partial charge in [-0.25, -0.2) is 0 Å². The lowest BCUT2D eigenvalue weighted by molar-refractivity contribution is -0.120. The Morgan fingerprint density at radius 3 is 2.68 bits per heavy atom. The number of halogens is 1. The van der Waals surface area contributed by atoms with Crippen LogP contribution in [0.15, 0.2) is 28.7 Å². The molecule has 0 saturated heterocycles. The summed E-state index contributed by atoms with van der Waals surface area (Å²) in [6.07, 6.45) is 2.93. The predicted molar refractivity (Wildman–Crippen MR) is 96.3 cm³/mol. The second-order valence-electron chi connectivity index (χ2n) is 4.83. The van der Waals surface area contributed by atoms with Gasteiger partial charge in [0, 0.05) is 35.3 Å². The zero-order valence-corrected chi connectivity index (χ0v) is 15.3. The number of nitrogens with one attached hydrogen (secondary N) is 2. The molecule has 0 bridgehead atoms. The van der Waals surface area contributed by atoms with Crippen LogP contribution in [0.3, 0.4) is 0 Å². The molecule has 0 unspecified atom stereocenters. The Kier molecular flexibility index (Phi) is 9.99. The highest BCUT2D eigenvalue weighted by Crippen LogP contribution is 2.11. The third-order valence-corrected chi connectivity index (χ3v) is 4.50. The van der Waals surface area contributed by atoms with E-state index in [9.17, 15) is 9.59 Å². The maximum absolute atomic E-state index is 11.9. The molecular weight excluding hydrogens is 364 g/mol. The number of benzene rings is 1. The molecule has 2 amide bonds. The highest BCUT2D eigenvalue weighted by Gasteiger charge is 2.05. The fraction of sp³-hybridized carbons (Fsp3) is 0.500. The Balaban J connectivity index is 2.09. The van der Waals surface area contributed by atoms with Crippen molar-refractivity contribution in [2.75, 3.05) is 24.6 Å². The molecule has 0 aliphatic carbocycles. The van der Waals surface area contributed by atoms with Crippen molar-refractivity contribution in [2.24, 2.45) is 0 Å². The van der Waals surface area contributed by atoms with Crippen LogP contribution in [0.5, 0.6) is 0 Å². The Morgan fingerprint density at radius 2 is 1.95 bits per heavy atom. The van der Waals surface area contributed by atoms with E-state index in [1.807, 2.05) is 23.9 Å². The maximum Gasteiger partial charge on any atom is 0.251 e. The first-order valence-electron chi connectivity index (χ1n) is 7.51. The van der Waals surface area contributed by atoms with Crippen molar-refractivity contribution in [3.8, 4) is 0 Å². The number of thioether (sulfide) groups is 1. The van der Waals surface area contributed by atoms with Crippen LogP contribution >= 0.6 is 27.7 Å². The Morgan fingerprint density at radius 1 is 1.18 bits per heavy atom. The fourth-order valence-corrected chi connectivity index (χ4v) is 3.14. The van der Waals surface area contributed by atoms with E-state index < -0.39 is 0 Å². The first-order valence-corrected chi connectivity index (χ1v) is 9.46. The van der Waals surface area contributed by atoms with Gasteiger partial charge in [-0.3, -0.25) is 9.59 Å². The summed E-state index contributed by atoms with van der Waals surface area (Å²) in [6, 6.07) is 7.21. The van der Waals surface area contributed by atoms with Crippen LogP contribution in [0.2, 0.25) is 0 Å². The smallest absolute Gasteiger partial charge is 0.251 e. The van der Waals surface area contributed by atoms with E-state index in [0.717, 1.165) is 16.0 Å². The van der Waals surface area contributed by atoms with Gasteiger partial charge in [-0.1, -0.05) is 35.3 Å². The Labute approximate surface area is 144 Å². The zero-order chi connectivity index (χ0) is 16.2. The largest absolute Gasteiger partial charge is 0.354 e. The third-order valence-electron chi connectivity index (χ3n) is 2.94. The highest BCUT2D eigenvalue weighted by atomic mass is 79.9. The second kappa shape index (κ2) is 11.5. The van der Waals surface area contributed by atoms with Gasteiger partial charge < -0.3 is 10.6 Å². The molecule has 1 rings (SSSR count). The first kappa shape index (κ1) is 19.0. The van der Waals surface area contributed by atoms with Gasteiger partial charge in [0.25, 0.3) is 5.91 Å². The van der Waals surface area contributed by atoms with Crippen LogP contribution in [0.4, 0.5) is 0 Å². The van der Waals surface area contributed by atoms with Gasteiger partial charge in [0.2, 0.25) is 5.91 Å². The van der Waals surface area contributed by atoms with Gasteiger partial charge in [-0.05, 0) is 30.4 Å². The van der Waals surface area contributed by atoms with E-state index in [1.165, 1.54) is 12.8 Å². The van der Waals surface area contributed by atoms with Crippen molar-refractivity contribution in [3.63, 3.8) is 0 Å². The summed E-state index contributed by atoms with van der Waals surface area (Å²) in [7, 11) is 0. The minimum absolute atomic E-state index is 0.0423. The van der Waals surface area contributed by atoms with Gasteiger partial charge >= 0.3 is 0 Å². The molecule has 2 N–H and O–H groups in total. The molecule has 0 aromatic heterocycles. The minimum Gasteiger partial charge on any atom is -0.354 e. The van der Waals surface area contributed by atoms with Crippen molar-refractivity contribution in [2.45, 2.75) is 26.2 Å². The van der Waals surface area contributed by atoms with Crippen molar-refractivity contribution in [3.05, 3.63) is 34.3 Å². The summed E-state index contributed by atoms with van der Waals surface area (Å²) in [5.74, 6) is 1.88. The quantitative estimate of drug-likeness (QED) is 0.606. The standard InChI is InChI=1S/C16H23BrN2O2S/c1-2-3-10-22-11-7-15(20)18-8-9-19-16(21)13-5-4-6-14(17)12-13/h4-6,12H,2-3,7-11H2,1H3,(H,18,20)(H,19,21). The lowest BCUT2D eigenvalue weighted by Crippen LogP contribution is -2.34. The molecule has 0 saturated carbocycles. The first-order chi connectivity index (χ1) is 10.6. The average Bonchev–Trinajstić information content (AvgIpc) is 2.51. The highest BCUT2D eigenvalue weighted by molar-refractivity contribution is 9.10. The van der Waals surface area contributed by atoms with Crippen LogP contribution in [-0.4, -0.2) is 36.4 Å². The molecule has 22 heavy (non-hydrogen) atoms. The Hall–Kier alpha value is -1.01. The molecule has 0 radical (unpaired) electrons. The molecular formula is C16H23BrN2O2S. The fourth-order valence-electron chi connectivity index (χ4n) is 1.71. The number of carbonyl (C=O) groups is 2. The van der Waals surface area contributed by atoms with E-state index in [0.29, 0.717) is 25.1 Å². The van der Waals surface area contributed by atoms with Gasteiger partial charge in [0.15, 0.2) is 0 Å². The monoisotopic (exact) mass is 386 g/mol. The molecule has 0 aliphatic heterocycles. The SMILES string of the molecule is CCCCSCCC(=O)NCCNC(=O)c1cccc(Br)c1. The molecule has 4 nitrogen and oxygen atoms in total. The maximum atomic E-state index is 11.9. The Bertz CT molecular complexity index is 483. The minimum atomic E-state index is -0.134. The number of carbonyl (C=O) groups excluding carboxylic acids is 2. The van der Waals surface area contributed by atoms with Crippen LogP contribution in [0.1, 0.15) is 36.5 Å². The molecule has 0 heterocycles. The summed E-state index contributed by atoms with van der Waals surface area (Å²) < 4.78 is 0.869. The lowest BCUT2D eigenvalue weighted by Gasteiger charge is -2.07. The zero-order valence-electron chi connectivity index (χ0n) is 12.9. The molecule has 122 valence electrons. The summed E-state index contributed by atoms with van der Waals surface area (Å²) in [5.41, 5.74) is 0.605. The van der Waals surface area contributed by atoms with Crippen molar-refractivity contribution >= 4 is 39.5 Å². The van der Waals surface area contributed by atoms with E-state index >= 15 is 0 Å². The summed E-state index contributed by atoms with van der Waals surface area (Å²) >= 11 is 5.15. The van der Waals surface area contributed by atoms with Gasteiger partial charge in [-0.2, -0.15) is 11.8 Å². The van der Waals surface area contributed by atoms with Gasteiger partial charge in [0.05, 0.1) is 0 Å². The lowest BCUT2D eigenvalue weighted by atomic mass is 10.2. The van der Waals surface area contributed by atoms with Gasteiger partial charge in [0.1, 0.15) is 0 Å². The van der Waals surface area contributed by atoms with Crippen LogP contribution in [0, 0.1) is 0 Å². The number of amides is 2. The van der Waals surface area contributed by atoms with E-state index in [4.69, 9.17) is 0 Å². The molecule has 6 heteroatoms. The van der Waals surface area contributed by atoms with Crippen LogP contribution in [-0.2, 0) is 4.79 Å². The van der Waals surface area contributed by atoms with Crippen LogP contribution in [0.25, 0.3) is 0 Å². The topological polar surface area (TPSA) is 58.2 Å². The summed E-state index contributed by atoms with van der Waals surface area (Å²) in [4.78, 5) is 23.5. The van der Waals surface area contributed by atoms with Crippen molar-refractivity contribution in [1.82, 2.24) is 10.6 Å². The number of hydrogen-bond donors (Lipinski definition) is 2. The van der Waals surface area contributed by atoms with E-state index in [2.05, 4.69) is 33.5 Å².